The fraction of sp³-hybridized carbons (Fsp3) is 0.600. The van der Waals surface area contributed by atoms with Crippen LogP contribution in [0.15, 0.2) is 18.2 Å². The Morgan fingerprint density at radius 1 is 1.39 bits per heavy atom. The zero-order chi connectivity index (χ0) is 13.1. The Morgan fingerprint density at radius 2 is 2.17 bits per heavy atom. The highest BCUT2D eigenvalue weighted by Gasteiger charge is 2.30. The van der Waals surface area contributed by atoms with E-state index >= 15 is 0 Å². The number of hydrogen-bond acceptors (Lipinski definition) is 2. The van der Waals surface area contributed by atoms with Crippen molar-refractivity contribution < 1.29 is 0 Å². The molecule has 2 unspecified atom stereocenters. The summed E-state index contributed by atoms with van der Waals surface area (Å²) >= 11 is 6.46. The summed E-state index contributed by atoms with van der Waals surface area (Å²) in [5.41, 5.74) is 2.44. The van der Waals surface area contributed by atoms with Crippen LogP contribution in [0, 0.1) is 0 Å². The molecule has 0 aromatic heterocycles. The van der Waals surface area contributed by atoms with E-state index in [1.807, 2.05) is 7.05 Å². The van der Waals surface area contributed by atoms with Crippen LogP contribution in [-0.2, 0) is 6.54 Å². The van der Waals surface area contributed by atoms with Crippen molar-refractivity contribution in [3.8, 4) is 0 Å². The number of hydrogen-bond donors (Lipinski definition) is 1. The molecule has 18 heavy (non-hydrogen) atoms. The second-order valence-corrected chi connectivity index (χ2v) is 5.62. The topological polar surface area (TPSA) is 15.3 Å². The quantitative estimate of drug-likeness (QED) is 0.891. The largest absolute Gasteiger partial charge is 0.365 e. The van der Waals surface area contributed by atoms with E-state index in [0.717, 1.165) is 11.6 Å². The van der Waals surface area contributed by atoms with E-state index in [2.05, 4.69) is 42.3 Å². The third-order valence-electron chi connectivity index (χ3n) is 3.93. The molecule has 2 rings (SSSR count). The smallest absolute Gasteiger partial charge is 0.0642 e. The van der Waals surface area contributed by atoms with Crippen LogP contribution in [-0.4, -0.2) is 19.1 Å². The van der Waals surface area contributed by atoms with Crippen molar-refractivity contribution in [1.82, 2.24) is 5.32 Å². The monoisotopic (exact) mass is 266 g/mol. The first-order valence-corrected chi connectivity index (χ1v) is 7.26. The molecule has 2 nitrogen and oxygen atoms in total. The molecule has 2 atom stereocenters. The molecule has 0 saturated carbocycles. The first-order valence-electron chi connectivity index (χ1n) is 6.88. The SMILES string of the molecule is CCC1CCC(C)N1c1ccc(CNC)cc1Cl. The van der Waals surface area contributed by atoms with Crippen molar-refractivity contribution in [3.05, 3.63) is 28.8 Å². The average Bonchev–Trinajstić information content (AvgIpc) is 2.71. The van der Waals surface area contributed by atoms with Crippen molar-refractivity contribution in [3.63, 3.8) is 0 Å². The highest BCUT2D eigenvalue weighted by Crippen LogP contribution is 2.36. The molecule has 1 fully saturated rings. The maximum atomic E-state index is 6.46. The molecule has 1 aromatic rings. The summed E-state index contributed by atoms with van der Waals surface area (Å²) in [7, 11) is 1.96. The van der Waals surface area contributed by atoms with Gasteiger partial charge in [-0.3, -0.25) is 0 Å². The van der Waals surface area contributed by atoms with Crippen molar-refractivity contribution in [2.45, 2.75) is 51.7 Å². The van der Waals surface area contributed by atoms with Crippen LogP contribution in [0.5, 0.6) is 0 Å². The highest BCUT2D eigenvalue weighted by molar-refractivity contribution is 6.33. The zero-order valence-electron chi connectivity index (χ0n) is 11.5. The van der Waals surface area contributed by atoms with Gasteiger partial charge < -0.3 is 10.2 Å². The highest BCUT2D eigenvalue weighted by atomic mass is 35.5. The van der Waals surface area contributed by atoms with Gasteiger partial charge in [0.1, 0.15) is 0 Å². The molecule has 0 bridgehead atoms. The summed E-state index contributed by atoms with van der Waals surface area (Å²) in [5, 5.41) is 4.04. The maximum absolute atomic E-state index is 6.46. The van der Waals surface area contributed by atoms with E-state index in [4.69, 9.17) is 11.6 Å². The molecule has 0 spiro atoms. The van der Waals surface area contributed by atoms with Crippen molar-refractivity contribution >= 4 is 17.3 Å². The number of halogens is 1. The van der Waals surface area contributed by atoms with Gasteiger partial charge in [0, 0.05) is 18.6 Å². The molecule has 1 saturated heterocycles. The standard InChI is InChI=1S/C15H23ClN2/c1-4-13-7-5-11(2)18(13)15-8-6-12(10-17-3)9-14(15)16/h6,8-9,11,13,17H,4-5,7,10H2,1-3H3. The Hall–Kier alpha value is -0.730. The zero-order valence-corrected chi connectivity index (χ0v) is 12.3. The summed E-state index contributed by atoms with van der Waals surface area (Å²) in [5.74, 6) is 0. The Labute approximate surface area is 115 Å². The average molecular weight is 267 g/mol. The third kappa shape index (κ3) is 2.65. The van der Waals surface area contributed by atoms with E-state index in [1.54, 1.807) is 0 Å². The van der Waals surface area contributed by atoms with Gasteiger partial charge in [-0.15, -0.1) is 0 Å². The minimum Gasteiger partial charge on any atom is -0.365 e. The normalized spacial score (nSPS) is 23.7. The van der Waals surface area contributed by atoms with Gasteiger partial charge in [-0.1, -0.05) is 24.6 Å². The van der Waals surface area contributed by atoms with Crippen LogP contribution < -0.4 is 10.2 Å². The predicted octanol–water partition coefficient (Wildman–Crippen LogP) is 3.83. The van der Waals surface area contributed by atoms with E-state index in [-0.39, 0.29) is 0 Å². The van der Waals surface area contributed by atoms with Crippen LogP contribution in [0.3, 0.4) is 0 Å². The fourth-order valence-corrected chi connectivity index (χ4v) is 3.28. The summed E-state index contributed by atoms with van der Waals surface area (Å²) < 4.78 is 0. The number of nitrogens with one attached hydrogen (secondary N) is 1. The second kappa shape index (κ2) is 5.94. The summed E-state index contributed by atoms with van der Waals surface area (Å²) in [4.78, 5) is 2.51. The summed E-state index contributed by atoms with van der Waals surface area (Å²) in [6, 6.07) is 7.69. The number of rotatable bonds is 4. The lowest BCUT2D eigenvalue weighted by Crippen LogP contribution is -2.34. The van der Waals surface area contributed by atoms with Gasteiger partial charge in [-0.05, 0) is 50.9 Å². The molecule has 1 aromatic carbocycles. The molecule has 0 aliphatic carbocycles. The Bertz CT molecular complexity index is 405. The van der Waals surface area contributed by atoms with Crippen LogP contribution in [0.25, 0.3) is 0 Å². The molecule has 1 aliphatic heterocycles. The summed E-state index contributed by atoms with van der Waals surface area (Å²) in [6.45, 7) is 5.43. The van der Waals surface area contributed by atoms with E-state index < -0.39 is 0 Å². The molecule has 0 amide bonds. The van der Waals surface area contributed by atoms with Gasteiger partial charge in [0.05, 0.1) is 10.7 Å². The van der Waals surface area contributed by atoms with Gasteiger partial charge in [0.15, 0.2) is 0 Å². The van der Waals surface area contributed by atoms with Crippen molar-refractivity contribution in [2.24, 2.45) is 0 Å². The lowest BCUT2D eigenvalue weighted by atomic mass is 10.1. The Morgan fingerprint density at radius 3 is 2.78 bits per heavy atom. The Kier molecular flexibility index (Phi) is 4.52. The van der Waals surface area contributed by atoms with Crippen LogP contribution in [0.1, 0.15) is 38.7 Å². The molecule has 100 valence electrons. The minimum absolute atomic E-state index is 0.600. The Balaban J connectivity index is 2.27. The van der Waals surface area contributed by atoms with Crippen molar-refractivity contribution in [2.75, 3.05) is 11.9 Å². The van der Waals surface area contributed by atoms with Gasteiger partial charge in [-0.2, -0.15) is 0 Å². The molecule has 0 radical (unpaired) electrons. The van der Waals surface area contributed by atoms with Crippen molar-refractivity contribution in [1.29, 1.82) is 0 Å². The molecular weight excluding hydrogens is 244 g/mol. The molecule has 1 heterocycles. The third-order valence-corrected chi connectivity index (χ3v) is 4.23. The fourth-order valence-electron chi connectivity index (χ4n) is 2.98. The van der Waals surface area contributed by atoms with Gasteiger partial charge in [0.25, 0.3) is 0 Å². The lowest BCUT2D eigenvalue weighted by Gasteiger charge is -2.31. The maximum Gasteiger partial charge on any atom is 0.0642 e. The number of anilines is 1. The van der Waals surface area contributed by atoms with Gasteiger partial charge in [0.2, 0.25) is 0 Å². The molecular formula is C15H23ClN2. The van der Waals surface area contributed by atoms with E-state index in [1.165, 1.54) is 30.5 Å². The molecule has 1 N–H and O–H groups in total. The first-order chi connectivity index (χ1) is 8.67. The lowest BCUT2D eigenvalue weighted by molar-refractivity contribution is 0.628. The van der Waals surface area contributed by atoms with Gasteiger partial charge >= 0.3 is 0 Å². The predicted molar refractivity (Wildman–Crippen MR) is 79.5 cm³/mol. The summed E-state index contributed by atoms with van der Waals surface area (Å²) in [6.07, 6.45) is 3.75. The number of nitrogens with zero attached hydrogens (tertiary/aromatic N) is 1. The second-order valence-electron chi connectivity index (χ2n) is 5.21. The molecule has 3 heteroatoms. The van der Waals surface area contributed by atoms with E-state index in [0.29, 0.717) is 12.1 Å². The minimum atomic E-state index is 0.600. The van der Waals surface area contributed by atoms with Crippen LogP contribution in [0.4, 0.5) is 5.69 Å². The van der Waals surface area contributed by atoms with Crippen LogP contribution in [0.2, 0.25) is 5.02 Å². The first kappa shape index (κ1) is 13.7. The van der Waals surface area contributed by atoms with Gasteiger partial charge in [-0.25, -0.2) is 0 Å². The van der Waals surface area contributed by atoms with Crippen LogP contribution >= 0.6 is 11.6 Å². The molecule has 1 aliphatic rings. The number of benzene rings is 1. The van der Waals surface area contributed by atoms with E-state index in [9.17, 15) is 0 Å².